The third kappa shape index (κ3) is 7.64. The minimum atomic E-state index is -0.859. The Hall–Kier alpha value is -2.74. The van der Waals surface area contributed by atoms with Gasteiger partial charge in [0.2, 0.25) is 5.91 Å². The van der Waals surface area contributed by atoms with E-state index < -0.39 is 5.60 Å². The summed E-state index contributed by atoms with van der Waals surface area (Å²) in [5.41, 5.74) is 8.43. The van der Waals surface area contributed by atoms with Crippen molar-refractivity contribution in [3.05, 3.63) is 107 Å². The molecule has 1 amide bonds. The third-order valence-electron chi connectivity index (χ3n) is 11.0. The number of likely N-dealkylation sites (tertiary alicyclic amines) is 2. The molecule has 2 saturated heterocycles. The van der Waals surface area contributed by atoms with Gasteiger partial charge >= 0.3 is 0 Å². The topological polar surface area (TPSA) is 69.8 Å². The van der Waals surface area contributed by atoms with E-state index in [0.29, 0.717) is 17.9 Å². The fraction of sp³-hybridized carbons (Fsp3) is 0.500. The smallest absolute Gasteiger partial charge is 0.220 e. The number of benzene rings is 3. The van der Waals surface area contributed by atoms with Crippen LogP contribution in [0, 0.1) is 5.92 Å². The maximum absolute atomic E-state index is 12.3. The molecule has 0 radical (unpaired) electrons. The van der Waals surface area contributed by atoms with E-state index in [0.717, 1.165) is 75.0 Å². The first kappa shape index (κ1) is 33.6. The van der Waals surface area contributed by atoms with Crippen molar-refractivity contribution in [2.45, 2.75) is 62.6 Å². The van der Waals surface area contributed by atoms with Crippen molar-refractivity contribution >= 4 is 17.5 Å². The zero-order valence-corrected chi connectivity index (χ0v) is 28.1. The summed E-state index contributed by atoms with van der Waals surface area (Å²) in [5, 5.41) is 12.5. The number of piperidine rings is 2. The van der Waals surface area contributed by atoms with E-state index >= 15 is 0 Å². The number of hydrogen-bond donors (Lipinski definition) is 2. The number of carbonyl (C=O) groups excluding carboxylic acids is 1. The fourth-order valence-electron chi connectivity index (χ4n) is 7.97. The number of primary amides is 1. The maximum Gasteiger partial charge on any atom is 0.220 e. The van der Waals surface area contributed by atoms with Crippen LogP contribution in [-0.2, 0) is 15.8 Å². The third-order valence-corrected chi connectivity index (χ3v) is 11.3. The maximum atomic E-state index is 12.3. The van der Waals surface area contributed by atoms with Crippen molar-refractivity contribution in [3.63, 3.8) is 0 Å². The summed E-state index contributed by atoms with van der Waals surface area (Å²) in [6.07, 6.45) is 5.28. The molecule has 2 heterocycles. The van der Waals surface area contributed by atoms with Crippen molar-refractivity contribution < 1.29 is 14.4 Å². The van der Waals surface area contributed by atoms with E-state index in [1.807, 2.05) is 24.3 Å². The van der Waals surface area contributed by atoms with Gasteiger partial charge in [-0.1, -0.05) is 91.3 Å². The van der Waals surface area contributed by atoms with Gasteiger partial charge < -0.3 is 20.2 Å². The average molecular weight is 632 g/mol. The Balaban J connectivity index is 1.48. The Morgan fingerprint density at radius 1 is 0.978 bits per heavy atom. The highest BCUT2D eigenvalue weighted by Gasteiger charge is 2.47. The standard InChI is InChI=1S/C38H51ClN4O2/c1-37(31-10-6-4-7-11-31,32-12-8-5-9-13-32)21-18-35(43(29-26-41(2)3)27-19-30(20-28-43)36(40)44)42-24-22-38(45,23-25-42)33-14-16-34(39)17-15-33/h4-17,30,35,45H,18-29H2,1-3H3,(H-,40,44)/p+1. The molecule has 7 heteroatoms. The normalized spacial score (nSPS) is 23.1. The zero-order valence-electron chi connectivity index (χ0n) is 27.4. The van der Waals surface area contributed by atoms with Crippen molar-refractivity contribution in [2.24, 2.45) is 11.7 Å². The number of likely N-dealkylation sites (N-methyl/N-ethyl adjacent to an activating group) is 1. The lowest BCUT2D eigenvalue weighted by atomic mass is 9.72. The first-order valence-electron chi connectivity index (χ1n) is 16.7. The molecule has 3 aromatic carbocycles. The number of hydrogen-bond acceptors (Lipinski definition) is 4. The summed E-state index contributed by atoms with van der Waals surface area (Å²) in [4.78, 5) is 17.2. The van der Waals surface area contributed by atoms with E-state index in [9.17, 15) is 9.90 Å². The fourth-order valence-corrected chi connectivity index (χ4v) is 8.09. The van der Waals surface area contributed by atoms with Crippen molar-refractivity contribution in [2.75, 3.05) is 53.4 Å². The summed E-state index contributed by atoms with van der Waals surface area (Å²) < 4.78 is 0.959. The Morgan fingerprint density at radius 3 is 2.00 bits per heavy atom. The SMILES string of the molecule is CN(C)CC[N+]1(C(CCC(C)(c2ccccc2)c2ccccc2)N2CCC(O)(c3ccc(Cl)cc3)CC2)CCC(C(N)=O)CC1. The molecule has 3 N–H and O–H groups in total. The van der Waals surface area contributed by atoms with Gasteiger partial charge in [-0.25, -0.2) is 0 Å². The second-order valence-corrected chi connectivity index (χ2v) is 14.5. The molecule has 0 saturated carbocycles. The van der Waals surface area contributed by atoms with Crippen LogP contribution >= 0.6 is 11.6 Å². The molecular formula is C38H52ClN4O2+. The first-order chi connectivity index (χ1) is 21.5. The second-order valence-electron chi connectivity index (χ2n) is 14.0. The van der Waals surface area contributed by atoms with Gasteiger partial charge in [0.05, 0.1) is 25.2 Å². The van der Waals surface area contributed by atoms with E-state index in [-0.39, 0.29) is 23.4 Å². The van der Waals surface area contributed by atoms with E-state index in [2.05, 4.69) is 91.5 Å². The van der Waals surface area contributed by atoms with Gasteiger partial charge in [0.25, 0.3) is 0 Å². The van der Waals surface area contributed by atoms with Gasteiger partial charge in [-0.15, -0.1) is 0 Å². The van der Waals surface area contributed by atoms with Crippen molar-refractivity contribution in [1.82, 2.24) is 9.80 Å². The minimum Gasteiger partial charge on any atom is -0.385 e. The predicted octanol–water partition coefficient (Wildman–Crippen LogP) is 6.01. The number of carbonyl (C=O) groups is 1. The average Bonchev–Trinajstić information content (AvgIpc) is 3.06. The molecule has 0 bridgehead atoms. The van der Waals surface area contributed by atoms with Crippen LogP contribution in [0.3, 0.4) is 0 Å². The molecule has 6 nitrogen and oxygen atoms in total. The first-order valence-corrected chi connectivity index (χ1v) is 17.1. The molecule has 3 aromatic rings. The molecule has 242 valence electrons. The monoisotopic (exact) mass is 631 g/mol. The van der Waals surface area contributed by atoms with E-state index in [1.54, 1.807) is 0 Å². The number of nitrogens with two attached hydrogens (primary N) is 1. The van der Waals surface area contributed by atoms with Crippen LogP contribution in [0.15, 0.2) is 84.9 Å². The van der Waals surface area contributed by atoms with Crippen molar-refractivity contribution in [1.29, 1.82) is 0 Å². The van der Waals surface area contributed by atoms with E-state index in [1.165, 1.54) is 11.1 Å². The Kier molecular flexibility index (Phi) is 10.7. The summed E-state index contributed by atoms with van der Waals surface area (Å²) in [7, 11) is 4.30. The summed E-state index contributed by atoms with van der Waals surface area (Å²) in [5.74, 6) is -0.213. The summed E-state index contributed by atoms with van der Waals surface area (Å²) >= 11 is 6.18. The molecule has 0 aliphatic carbocycles. The van der Waals surface area contributed by atoms with Crippen LogP contribution in [0.5, 0.6) is 0 Å². The lowest BCUT2D eigenvalue weighted by molar-refractivity contribution is -0.966. The largest absolute Gasteiger partial charge is 0.385 e. The lowest BCUT2D eigenvalue weighted by Gasteiger charge is -2.54. The lowest BCUT2D eigenvalue weighted by Crippen LogP contribution is -2.68. The highest BCUT2D eigenvalue weighted by atomic mass is 35.5. The van der Waals surface area contributed by atoms with Crippen LogP contribution in [-0.4, -0.2) is 84.8 Å². The van der Waals surface area contributed by atoms with Crippen LogP contribution in [0.25, 0.3) is 0 Å². The minimum absolute atomic E-state index is 0.0495. The molecule has 2 aliphatic rings. The Bertz CT molecular complexity index is 1330. The van der Waals surface area contributed by atoms with Crippen molar-refractivity contribution in [3.8, 4) is 0 Å². The summed E-state index contributed by atoms with van der Waals surface area (Å²) in [6.45, 7) is 7.92. The number of aliphatic hydroxyl groups is 1. The van der Waals surface area contributed by atoms with Crippen LogP contribution in [0.1, 0.15) is 62.1 Å². The second kappa shape index (κ2) is 14.4. The van der Waals surface area contributed by atoms with Crippen LogP contribution in [0.2, 0.25) is 5.02 Å². The van der Waals surface area contributed by atoms with Crippen LogP contribution < -0.4 is 5.73 Å². The Morgan fingerprint density at radius 2 is 1.51 bits per heavy atom. The summed E-state index contributed by atoms with van der Waals surface area (Å²) in [6, 6.07) is 29.6. The number of halogens is 1. The van der Waals surface area contributed by atoms with Crippen LogP contribution in [0.4, 0.5) is 0 Å². The highest BCUT2D eigenvalue weighted by molar-refractivity contribution is 6.30. The van der Waals surface area contributed by atoms with Gasteiger partial charge in [-0.05, 0) is 62.2 Å². The molecule has 45 heavy (non-hydrogen) atoms. The number of amides is 1. The number of rotatable bonds is 12. The molecule has 2 aliphatic heterocycles. The number of nitrogens with zero attached hydrogens (tertiary/aromatic N) is 3. The van der Waals surface area contributed by atoms with E-state index in [4.69, 9.17) is 17.3 Å². The van der Waals surface area contributed by atoms with Gasteiger partial charge in [-0.2, -0.15) is 0 Å². The predicted molar refractivity (Wildman–Crippen MR) is 184 cm³/mol. The molecule has 0 spiro atoms. The Labute approximate surface area is 275 Å². The number of quaternary nitrogens is 1. The molecular weight excluding hydrogens is 580 g/mol. The molecule has 2 fully saturated rings. The zero-order chi connectivity index (χ0) is 32.1. The highest BCUT2D eigenvalue weighted by Crippen LogP contribution is 2.41. The van der Waals surface area contributed by atoms with Gasteiger partial charge in [0, 0.05) is 55.3 Å². The van der Waals surface area contributed by atoms with Gasteiger partial charge in [-0.3, -0.25) is 9.69 Å². The molecule has 0 aromatic heterocycles. The quantitative estimate of drug-likeness (QED) is 0.240. The molecule has 1 atom stereocenters. The molecule has 5 rings (SSSR count). The van der Waals surface area contributed by atoms with Gasteiger partial charge in [0.1, 0.15) is 6.17 Å². The van der Waals surface area contributed by atoms with Gasteiger partial charge in [0.15, 0.2) is 0 Å². The molecule has 1 unspecified atom stereocenters.